The first-order chi connectivity index (χ1) is 15.1. The zero-order valence-electron chi connectivity index (χ0n) is 15.1. The number of rotatable bonds is 6. The number of isocyanates is 6. The van der Waals surface area contributed by atoms with Crippen LogP contribution in [-0.4, -0.2) is 47.8 Å². The lowest BCUT2D eigenvalue weighted by Crippen LogP contribution is -2.42. The number of benzene rings is 1. The molecular weight excluding hydrogens is 408 g/mol. The number of nitrogens with zero attached hydrogens (tertiary/aromatic N) is 6. The second-order valence-corrected chi connectivity index (χ2v) is 5.96. The molecule has 0 heterocycles. The average Bonchev–Trinajstić information content (AvgIpc) is 2.76. The molecule has 0 N–H and O–H groups in total. The molecule has 1 atom stereocenters. The monoisotopic (exact) mass is 414 g/mol. The first kappa shape index (κ1) is 20.7. The van der Waals surface area contributed by atoms with Gasteiger partial charge in [0, 0.05) is 5.57 Å². The molecular formula is C19H6N6O6. The molecule has 148 valence electrons. The quantitative estimate of drug-likeness (QED) is 0.493. The van der Waals surface area contributed by atoms with Crippen LogP contribution in [0.1, 0.15) is 22.7 Å². The molecule has 0 fully saturated rings. The second kappa shape index (κ2) is 8.15. The van der Waals surface area contributed by atoms with Gasteiger partial charge in [0.05, 0.1) is 0 Å². The molecule has 12 nitrogen and oxygen atoms in total. The number of hydrogen-bond acceptors (Lipinski definition) is 12. The van der Waals surface area contributed by atoms with E-state index in [4.69, 9.17) is 0 Å². The molecule has 0 spiro atoms. The summed E-state index contributed by atoms with van der Waals surface area (Å²) in [4.78, 5) is 88.7. The smallest absolute Gasteiger partial charge is 0.211 e. The van der Waals surface area contributed by atoms with E-state index in [0.29, 0.717) is 5.56 Å². The molecule has 0 amide bonds. The van der Waals surface area contributed by atoms with E-state index >= 15 is 0 Å². The third-order valence-electron chi connectivity index (χ3n) is 4.71. The van der Waals surface area contributed by atoms with E-state index in [0.717, 1.165) is 0 Å². The Morgan fingerprint density at radius 3 is 1.97 bits per heavy atom. The molecule has 3 rings (SSSR count). The molecule has 0 bridgehead atoms. The minimum absolute atomic E-state index is 0.148. The Kier molecular flexibility index (Phi) is 5.44. The fourth-order valence-corrected chi connectivity index (χ4v) is 3.68. The Labute approximate surface area is 171 Å². The van der Waals surface area contributed by atoms with Gasteiger partial charge in [-0.15, -0.1) is 0 Å². The van der Waals surface area contributed by atoms with Crippen molar-refractivity contribution in [1.82, 2.24) is 0 Å². The fraction of sp³-hybridized carbons (Fsp3) is 0.158. The van der Waals surface area contributed by atoms with Crippen molar-refractivity contribution in [2.24, 2.45) is 30.0 Å². The molecule has 0 radical (unpaired) electrons. The van der Waals surface area contributed by atoms with E-state index in [1.54, 1.807) is 12.1 Å². The molecule has 0 aliphatic heterocycles. The maximum Gasteiger partial charge on any atom is 0.244 e. The van der Waals surface area contributed by atoms with Crippen LogP contribution in [-0.2, 0) is 28.8 Å². The van der Waals surface area contributed by atoms with Crippen LogP contribution in [0, 0.1) is 0 Å². The fourth-order valence-electron chi connectivity index (χ4n) is 3.68. The molecule has 1 aromatic rings. The molecule has 12 heteroatoms. The SMILES string of the molecule is O=C=NC1=C2c3c(cccc3C(N=C=O)C1(N=C=O)N=C=O)C=CC2(N=C=O)N=C=O. The zero-order valence-corrected chi connectivity index (χ0v) is 15.1. The van der Waals surface area contributed by atoms with Crippen molar-refractivity contribution < 1.29 is 28.8 Å². The summed E-state index contributed by atoms with van der Waals surface area (Å²) < 4.78 is 0. The number of hydrogen-bond donors (Lipinski definition) is 0. The Hall–Kier alpha value is -5.02. The number of carbonyl (C=O) groups excluding carboxylic acids is 6. The summed E-state index contributed by atoms with van der Waals surface area (Å²) in [5.74, 6) is 0. The first-order valence-electron chi connectivity index (χ1n) is 8.17. The van der Waals surface area contributed by atoms with Crippen LogP contribution in [0.5, 0.6) is 0 Å². The van der Waals surface area contributed by atoms with Gasteiger partial charge in [-0.2, -0.15) is 30.0 Å². The molecule has 1 unspecified atom stereocenters. The Morgan fingerprint density at radius 1 is 0.774 bits per heavy atom. The van der Waals surface area contributed by atoms with Gasteiger partial charge in [0.1, 0.15) is 11.7 Å². The third kappa shape index (κ3) is 2.94. The van der Waals surface area contributed by atoms with E-state index in [1.807, 2.05) is 0 Å². The lowest BCUT2D eigenvalue weighted by Gasteiger charge is -2.40. The largest absolute Gasteiger partial charge is 0.244 e. The van der Waals surface area contributed by atoms with E-state index in [9.17, 15) is 28.8 Å². The van der Waals surface area contributed by atoms with Crippen LogP contribution in [0.3, 0.4) is 0 Å². The highest BCUT2D eigenvalue weighted by atomic mass is 16.1. The van der Waals surface area contributed by atoms with Crippen molar-refractivity contribution >= 4 is 48.1 Å². The maximum absolute atomic E-state index is 11.3. The highest BCUT2D eigenvalue weighted by Gasteiger charge is 2.56. The average molecular weight is 414 g/mol. The standard InChI is InChI=1S/C19H6N6O6/c26-6-20-16-13-3-1-2-12-4-5-18(22-8-28,23-9-29)15(14(12)13)17(21-7-27)19(16,24-10-30)25-11-31/h1-5,16H. The van der Waals surface area contributed by atoms with E-state index in [1.165, 1.54) is 54.7 Å². The van der Waals surface area contributed by atoms with Gasteiger partial charge in [-0.25, -0.2) is 28.8 Å². The highest BCUT2D eigenvalue weighted by molar-refractivity contribution is 5.93. The summed E-state index contributed by atoms with van der Waals surface area (Å²) in [6.07, 6.45) is 10.1. The summed E-state index contributed by atoms with van der Waals surface area (Å²) in [7, 11) is 0. The Balaban J connectivity index is 2.75. The molecule has 0 aromatic heterocycles. The van der Waals surface area contributed by atoms with Crippen LogP contribution >= 0.6 is 0 Å². The predicted molar refractivity (Wildman–Crippen MR) is 99.3 cm³/mol. The van der Waals surface area contributed by atoms with Gasteiger partial charge in [-0.3, -0.25) is 0 Å². The highest BCUT2D eigenvalue weighted by Crippen LogP contribution is 2.55. The topological polar surface area (TPSA) is 177 Å². The summed E-state index contributed by atoms with van der Waals surface area (Å²) in [6, 6.07) is 3.08. The van der Waals surface area contributed by atoms with Crippen molar-refractivity contribution in [3.05, 3.63) is 46.7 Å². The van der Waals surface area contributed by atoms with Gasteiger partial charge >= 0.3 is 0 Å². The minimum Gasteiger partial charge on any atom is -0.211 e. The molecule has 31 heavy (non-hydrogen) atoms. The lowest BCUT2D eigenvalue weighted by molar-refractivity contribution is 0.404. The van der Waals surface area contributed by atoms with Crippen molar-refractivity contribution in [3.63, 3.8) is 0 Å². The minimum atomic E-state index is -2.48. The third-order valence-corrected chi connectivity index (χ3v) is 4.71. The second-order valence-electron chi connectivity index (χ2n) is 5.96. The molecule has 2 aliphatic rings. The molecule has 0 saturated heterocycles. The summed E-state index contributed by atoms with van der Waals surface area (Å²) in [5, 5.41) is 0. The number of aliphatic imine (C=N–C) groups is 6. The molecule has 1 aromatic carbocycles. The zero-order chi connectivity index (χ0) is 22.5. The summed E-state index contributed by atoms with van der Waals surface area (Å²) >= 11 is 0. The predicted octanol–water partition coefficient (Wildman–Crippen LogP) is 0.887. The van der Waals surface area contributed by atoms with Gasteiger partial charge in [0.15, 0.2) is 0 Å². The lowest BCUT2D eigenvalue weighted by atomic mass is 9.71. The van der Waals surface area contributed by atoms with Gasteiger partial charge in [0.25, 0.3) is 0 Å². The maximum atomic E-state index is 11.3. The summed E-state index contributed by atoms with van der Waals surface area (Å²) in [6.45, 7) is 0. The van der Waals surface area contributed by atoms with Gasteiger partial charge in [-0.05, 0) is 22.8 Å². The van der Waals surface area contributed by atoms with E-state index in [-0.39, 0.29) is 16.7 Å². The van der Waals surface area contributed by atoms with Crippen molar-refractivity contribution in [2.75, 3.05) is 0 Å². The first-order valence-corrected chi connectivity index (χ1v) is 8.17. The molecule has 2 aliphatic carbocycles. The van der Waals surface area contributed by atoms with Crippen LogP contribution in [0.2, 0.25) is 0 Å². The van der Waals surface area contributed by atoms with Crippen LogP contribution in [0.25, 0.3) is 11.6 Å². The summed E-state index contributed by atoms with van der Waals surface area (Å²) in [5.41, 5.74) is -4.67. The van der Waals surface area contributed by atoms with Crippen molar-refractivity contribution in [3.8, 4) is 0 Å². The Morgan fingerprint density at radius 2 is 1.42 bits per heavy atom. The van der Waals surface area contributed by atoms with E-state index < -0.39 is 23.1 Å². The van der Waals surface area contributed by atoms with Gasteiger partial charge in [-0.1, -0.05) is 24.3 Å². The van der Waals surface area contributed by atoms with Gasteiger partial charge in [0.2, 0.25) is 47.8 Å². The van der Waals surface area contributed by atoms with Crippen molar-refractivity contribution in [2.45, 2.75) is 17.4 Å². The van der Waals surface area contributed by atoms with E-state index in [2.05, 4.69) is 30.0 Å². The van der Waals surface area contributed by atoms with Crippen LogP contribution in [0.15, 0.2) is 59.9 Å². The Bertz CT molecular complexity index is 1300. The molecule has 0 saturated carbocycles. The van der Waals surface area contributed by atoms with Crippen LogP contribution < -0.4 is 0 Å². The van der Waals surface area contributed by atoms with Crippen molar-refractivity contribution in [1.29, 1.82) is 0 Å². The van der Waals surface area contributed by atoms with Crippen LogP contribution in [0.4, 0.5) is 0 Å². The normalized spacial score (nSPS) is 24.5. The van der Waals surface area contributed by atoms with Gasteiger partial charge < -0.3 is 0 Å².